The highest BCUT2D eigenvalue weighted by Gasteiger charge is 2.18. The third-order valence-electron chi connectivity index (χ3n) is 3.06. The SMILES string of the molecule is Cc1cccc(-c2csc(C3CSCCN3)n2)c1. The van der Waals surface area contributed by atoms with Crippen molar-refractivity contribution in [3.8, 4) is 11.3 Å². The van der Waals surface area contributed by atoms with Gasteiger partial charge >= 0.3 is 0 Å². The average molecular weight is 276 g/mol. The first-order valence-corrected chi connectivity index (χ1v) is 8.20. The fraction of sp³-hybridized carbons (Fsp3) is 0.357. The highest BCUT2D eigenvalue weighted by Crippen LogP contribution is 2.28. The molecule has 1 atom stereocenters. The zero-order valence-electron chi connectivity index (χ0n) is 10.3. The van der Waals surface area contributed by atoms with E-state index in [9.17, 15) is 0 Å². The van der Waals surface area contributed by atoms with Gasteiger partial charge in [0.25, 0.3) is 0 Å². The maximum Gasteiger partial charge on any atom is 0.111 e. The van der Waals surface area contributed by atoms with Crippen molar-refractivity contribution in [1.82, 2.24) is 10.3 Å². The molecule has 3 rings (SSSR count). The Kier molecular flexibility index (Phi) is 3.68. The van der Waals surface area contributed by atoms with Gasteiger partial charge in [-0.25, -0.2) is 4.98 Å². The summed E-state index contributed by atoms with van der Waals surface area (Å²) in [5.74, 6) is 2.35. The molecule has 94 valence electrons. The summed E-state index contributed by atoms with van der Waals surface area (Å²) in [6.07, 6.45) is 0. The molecule has 1 fully saturated rings. The normalized spacial score (nSPS) is 19.9. The molecule has 1 aliphatic heterocycles. The summed E-state index contributed by atoms with van der Waals surface area (Å²) in [6.45, 7) is 3.21. The summed E-state index contributed by atoms with van der Waals surface area (Å²) in [4.78, 5) is 4.79. The van der Waals surface area contributed by atoms with Crippen molar-refractivity contribution in [2.24, 2.45) is 0 Å². The van der Waals surface area contributed by atoms with Crippen molar-refractivity contribution in [3.05, 3.63) is 40.2 Å². The van der Waals surface area contributed by atoms with Crippen LogP contribution in [0.25, 0.3) is 11.3 Å². The van der Waals surface area contributed by atoms with E-state index in [1.165, 1.54) is 21.9 Å². The molecule has 18 heavy (non-hydrogen) atoms. The van der Waals surface area contributed by atoms with Crippen LogP contribution >= 0.6 is 23.1 Å². The highest BCUT2D eigenvalue weighted by molar-refractivity contribution is 7.99. The molecule has 1 saturated heterocycles. The standard InChI is InChI=1S/C14H16N2S2/c1-10-3-2-4-11(7-10)12-9-18-14(16-12)13-8-17-6-5-15-13/h2-4,7,9,13,15H,5-6,8H2,1H3. The lowest BCUT2D eigenvalue weighted by Gasteiger charge is -2.20. The minimum absolute atomic E-state index is 0.437. The molecule has 2 heterocycles. The highest BCUT2D eigenvalue weighted by atomic mass is 32.2. The largest absolute Gasteiger partial charge is 0.306 e. The number of hydrogen-bond donors (Lipinski definition) is 1. The molecule has 4 heteroatoms. The average Bonchev–Trinajstić information content (AvgIpc) is 2.89. The Bertz CT molecular complexity index is 530. The van der Waals surface area contributed by atoms with E-state index in [0.29, 0.717) is 6.04 Å². The molecule has 0 spiro atoms. The Morgan fingerprint density at radius 2 is 2.33 bits per heavy atom. The van der Waals surface area contributed by atoms with Crippen LogP contribution in [-0.2, 0) is 0 Å². The van der Waals surface area contributed by atoms with Gasteiger partial charge in [-0.05, 0) is 13.0 Å². The molecule has 2 nitrogen and oxygen atoms in total. The summed E-state index contributed by atoms with van der Waals surface area (Å²) < 4.78 is 0. The molecular weight excluding hydrogens is 260 g/mol. The topological polar surface area (TPSA) is 24.9 Å². The first kappa shape index (κ1) is 12.2. The van der Waals surface area contributed by atoms with Gasteiger partial charge in [0.05, 0.1) is 11.7 Å². The quantitative estimate of drug-likeness (QED) is 0.909. The monoisotopic (exact) mass is 276 g/mol. The predicted octanol–water partition coefficient (Wildman–Crippen LogP) is 3.50. The van der Waals surface area contributed by atoms with Crippen molar-refractivity contribution in [1.29, 1.82) is 0 Å². The predicted molar refractivity (Wildman–Crippen MR) is 80.4 cm³/mol. The van der Waals surface area contributed by atoms with Crippen molar-refractivity contribution >= 4 is 23.1 Å². The Labute approximate surface area is 116 Å². The molecule has 0 radical (unpaired) electrons. The van der Waals surface area contributed by atoms with Gasteiger partial charge in [-0.1, -0.05) is 23.8 Å². The smallest absolute Gasteiger partial charge is 0.111 e. The van der Waals surface area contributed by atoms with Crippen molar-refractivity contribution < 1.29 is 0 Å². The number of thiazole rings is 1. The third kappa shape index (κ3) is 2.60. The summed E-state index contributed by atoms with van der Waals surface area (Å²) in [5, 5.41) is 6.93. The summed E-state index contributed by atoms with van der Waals surface area (Å²) in [7, 11) is 0. The molecule has 0 saturated carbocycles. The number of benzene rings is 1. The summed E-state index contributed by atoms with van der Waals surface area (Å²) in [5.41, 5.74) is 3.62. The molecule has 1 aromatic carbocycles. The van der Waals surface area contributed by atoms with Gasteiger partial charge in [0.15, 0.2) is 0 Å². The fourth-order valence-corrected chi connectivity index (χ4v) is 4.06. The Hall–Kier alpha value is -0.840. The van der Waals surface area contributed by atoms with Crippen LogP contribution in [0.4, 0.5) is 0 Å². The van der Waals surface area contributed by atoms with E-state index in [1.807, 2.05) is 11.8 Å². The van der Waals surface area contributed by atoms with Crippen molar-refractivity contribution in [3.63, 3.8) is 0 Å². The molecule has 1 aliphatic rings. The first-order chi connectivity index (χ1) is 8.83. The molecule has 0 amide bonds. The number of hydrogen-bond acceptors (Lipinski definition) is 4. The first-order valence-electron chi connectivity index (χ1n) is 6.16. The van der Waals surface area contributed by atoms with Gasteiger partial charge in [-0.15, -0.1) is 11.3 Å². The minimum Gasteiger partial charge on any atom is -0.306 e. The summed E-state index contributed by atoms with van der Waals surface area (Å²) in [6, 6.07) is 8.98. The van der Waals surface area contributed by atoms with E-state index in [0.717, 1.165) is 18.0 Å². The van der Waals surface area contributed by atoms with E-state index in [1.54, 1.807) is 11.3 Å². The summed E-state index contributed by atoms with van der Waals surface area (Å²) >= 11 is 3.78. The molecule has 0 aliphatic carbocycles. The van der Waals surface area contributed by atoms with Crippen LogP contribution in [0, 0.1) is 6.92 Å². The van der Waals surface area contributed by atoms with Gasteiger partial charge in [0, 0.05) is 29.0 Å². The van der Waals surface area contributed by atoms with Gasteiger partial charge < -0.3 is 5.32 Å². The molecule has 1 N–H and O–H groups in total. The maximum atomic E-state index is 4.79. The molecule has 2 aromatic rings. The molecule has 1 aromatic heterocycles. The molecule has 0 bridgehead atoms. The number of thioether (sulfide) groups is 1. The Balaban J connectivity index is 1.84. The van der Waals surface area contributed by atoms with E-state index < -0.39 is 0 Å². The number of nitrogens with zero attached hydrogens (tertiary/aromatic N) is 1. The molecular formula is C14H16N2S2. The number of nitrogens with one attached hydrogen (secondary N) is 1. The van der Waals surface area contributed by atoms with E-state index in [2.05, 4.69) is 41.9 Å². The fourth-order valence-electron chi connectivity index (χ4n) is 2.11. The van der Waals surface area contributed by atoms with Crippen LogP contribution in [0.5, 0.6) is 0 Å². The zero-order chi connectivity index (χ0) is 12.4. The van der Waals surface area contributed by atoms with Crippen LogP contribution in [0.2, 0.25) is 0 Å². The van der Waals surface area contributed by atoms with Crippen LogP contribution in [0.15, 0.2) is 29.6 Å². The molecule has 1 unspecified atom stereocenters. The van der Waals surface area contributed by atoms with Crippen LogP contribution in [0.1, 0.15) is 16.6 Å². The second-order valence-electron chi connectivity index (χ2n) is 4.52. The number of aromatic nitrogens is 1. The third-order valence-corrected chi connectivity index (χ3v) is 5.08. The van der Waals surface area contributed by atoms with Gasteiger partial charge in [-0.3, -0.25) is 0 Å². The van der Waals surface area contributed by atoms with Crippen LogP contribution in [0.3, 0.4) is 0 Å². The number of rotatable bonds is 2. The number of aryl methyl sites for hydroxylation is 1. The lowest BCUT2D eigenvalue weighted by molar-refractivity contribution is 0.592. The Morgan fingerprint density at radius 3 is 3.11 bits per heavy atom. The zero-order valence-corrected chi connectivity index (χ0v) is 12.0. The van der Waals surface area contributed by atoms with E-state index in [-0.39, 0.29) is 0 Å². The van der Waals surface area contributed by atoms with Crippen molar-refractivity contribution in [2.45, 2.75) is 13.0 Å². The van der Waals surface area contributed by atoms with E-state index in [4.69, 9.17) is 4.98 Å². The van der Waals surface area contributed by atoms with Gasteiger partial charge in [0.1, 0.15) is 5.01 Å². The van der Waals surface area contributed by atoms with Gasteiger partial charge in [-0.2, -0.15) is 11.8 Å². The minimum atomic E-state index is 0.437. The van der Waals surface area contributed by atoms with Crippen LogP contribution < -0.4 is 5.32 Å². The maximum absolute atomic E-state index is 4.79. The lowest BCUT2D eigenvalue weighted by Crippen LogP contribution is -2.30. The lowest BCUT2D eigenvalue weighted by atomic mass is 10.1. The van der Waals surface area contributed by atoms with E-state index >= 15 is 0 Å². The second-order valence-corrected chi connectivity index (χ2v) is 6.56. The van der Waals surface area contributed by atoms with Gasteiger partial charge in [0.2, 0.25) is 0 Å². The van der Waals surface area contributed by atoms with Crippen molar-refractivity contribution in [2.75, 3.05) is 18.1 Å². The Morgan fingerprint density at radius 1 is 1.39 bits per heavy atom. The second kappa shape index (κ2) is 5.43. The van der Waals surface area contributed by atoms with Crippen LogP contribution in [-0.4, -0.2) is 23.0 Å².